The maximum Gasteiger partial charge on any atom is 0.335 e. The standard InChI is InChI=1S/C29H32N2O3/c1-19-6-5-7-25(30)18-27(19)20(2)16-24-17-23(28(32)31-14-3-4-15-31)12-13-26(24)21-8-10-22(11-9-21)29(33)34/h5,7-13,17-18,20H,3-4,6,14-16,30H2,1-2H3,(H,33,34)/t20-/m0/s1. The van der Waals surface area contributed by atoms with Crippen LogP contribution in [-0.4, -0.2) is 35.0 Å². The lowest BCUT2D eigenvalue weighted by molar-refractivity contribution is 0.0696. The molecule has 1 aliphatic carbocycles. The molecule has 1 aliphatic heterocycles. The molecule has 1 fully saturated rings. The lowest BCUT2D eigenvalue weighted by Gasteiger charge is -2.21. The molecule has 2 aliphatic rings. The molecule has 5 nitrogen and oxygen atoms in total. The van der Waals surface area contributed by atoms with E-state index in [0.29, 0.717) is 5.56 Å². The van der Waals surface area contributed by atoms with Crippen molar-refractivity contribution in [1.29, 1.82) is 0 Å². The molecule has 0 bridgehead atoms. The van der Waals surface area contributed by atoms with Crippen LogP contribution in [0.3, 0.4) is 0 Å². The van der Waals surface area contributed by atoms with E-state index in [1.165, 1.54) is 11.1 Å². The number of hydrogen-bond acceptors (Lipinski definition) is 3. The number of benzene rings is 2. The van der Waals surface area contributed by atoms with Crippen LogP contribution in [0.5, 0.6) is 0 Å². The van der Waals surface area contributed by atoms with Crippen LogP contribution < -0.4 is 5.73 Å². The van der Waals surface area contributed by atoms with E-state index in [2.05, 4.69) is 26.0 Å². The molecule has 0 spiro atoms. The molecule has 0 aromatic heterocycles. The van der Waals surface area contributed by atoms with Crippen LogP contribution in [0.1, 0.15) is 59.4 Å². The topological polar surface area (TPSA) is 83.6 Å². The van der Waals surface area contributed by atoms with Crippen molar-refractivity contribution in [3.8, 4) is 11.1 Å². The molecule has 2 aromatic carbocycles. The normalized spacial score (nSPS) is 16.9. The number of nitrogens with two attached hydrogens (primary N) is 1. The van der Waals surface area contributed by atoms with Gasteiger partial charge in [0.15, 0.2) is 0 Å². The molecule has 1 atom stereocenters. The Morgan fingerprint density at radius 2 is 1.74 bits per heavy atom. The summed E-state index contributed by atoms with van der Waals surface area (Å²) in [5, 5.41) is 9.27. The van der Waals surface area contributed by atoms with Gasteiger partial charge in [0.25, 0.3) is 5.91 Å². The van der Waals surface area contributed by atoms with Crippen LogP contribution in [0.15, 0.2) is 77.5 Å². The lowest BCUT2D eigenvalue weighted by Crippen LogP contribution is -2.27. The number of carboxylic acids is 1. The molecule has 176 valence electrons. The fourth-order valence-corrected chi connectivity index (χ4v) is 4.92. The number of carbonyl (C=O) groups is 2. The number of amides is 1. The number of rotatable bonds is 6. The van der Waals surface area contributed by atoms with E-state index in [9.17, 15) is 14.7 Å². The maximum atomic E-state index is 13.1. The van der Waals surface area contributed by atoms with Gasteiger partial charge in [-0.25, -0.2) is 4.79 Å². The molecule has 1 amide bonds. The van der Waals surface area contributed by atoms with Gasteiger partial charge in [0.2, 0.25) is 0 Å². The van der Waals surface area contributed by atoms with E-state index in [1.807, 2.05) is 41.3 Å². The minimum Gasteiger partial charge on any atom is -0.478 e. The monoisotopic (exact) mass is 456 g/mol. The highest BCUT2D eigenvalue weighted by atomic mass is 16.4. The fourth-order valence-electron chi connectivity index (χ4n) is 4.92. The van der Waals surface area contributed by atoms with Crippen LogP contribution in [0.4, 0.5) is 0 Å². The van der Waals surface area contributed by atoms with Gasteiger partial charge in [0.05, 0.1) is 5.56 Å². The van der Waals surface area contributed by atoms with Gasteiger partial charge in [0, 0.05) is 24.4 Å². The van der Waals surface area contributed by atoms with Crippen LogP contribution in [0, 0.1) is 5.92 Å². The molecule has 3 N–H and O–H groups in total. The van der Waals surface area contributed by atoms with Crippen LogP contribution in [-0.2, 0) is 6.42 Å². The van der Waals surface area contributed by atoms with Crippen molar-refractivity contribution in [2.24, 2.45) is 11.7 Å². The molecule has 2 aromatic rings. The Morgan fingerprint density at radius 3 is 2.41 bits per heavy atom. The van der Waals surface area contributed by atoms with Gasteiger partial charge in [-0.1, -0.05) is 36.8 Å². The van der Waals surface area contributed by atoms with E-state index in [1.54, 1.807) is 12.1 Å². The summed E-state index contributed by atoms with van der Waals surface area (Å²) in [5.41, 5.74) is 13.4. The number of hydrogen-bond donors (Lipinski definition) is 2. The highest BCUT2D eigenvalue weighted by Gasteiger charge is 2.22. The third-order valence-corrected chi connectivity index (χ3v) is 6.79. The smallest absolute Gasteiger partial charge is 0.335 e. The zero-order chi connectivity index (χ0) is 24.2. The van der Waals surface area contributed by atoms with Crippen molar-refractivity contribution < 1.29 is 14.7 Å². The zero-order valence-electron chi connectivity index (χ0n) is 19.9. The van der Waals surface area contributed by atoms with Gasteiger partial charge in [-0.15, -0.1) is 0 Å². The van der Waals surface area contributed by atoms with Crippen molar-refractivity contribution >= 4 is 11.9 Å². The van der Waals surface area contributed by atoms with Crippen molar-refractivity contribution in [2.45, 2.75) is 39.5 Å². The Morgan fingerprint density at radius 1 is 1.06 bits per heavy atom. The third-order valence-electron chi connectivity index (χ3n) is 6.79. The van der Waals surface area contributed by atoms with Crippen LogP contribution in [0.2, 0.25) is 0 Å². The summed E-state index contributed by atoms with van der Waals surface area (Å²) in [6.07, 6.45) is 9.82. The number of nitrogens with zero attached hydrogens (tertiary/aromatic N) is 1. The zero-order valence-corrected chi connectivity index (χ0v) is 19.9. The van der Waals surface area contributed by atoms with Gasteiger partial charge < -0.3 is 15.7 Å². The molecule has 34 heavy (non-hydrogen) atoms. The molecule has 1 heterocycles. The van der Waals surface area contributed by atoms with Gasteiger partial charge >= 0.3 is 5.97 Å². The van der Waals surface area contributed by atoms with E-state index in [-0.39, 0.29) is 17.4 Å². The van der Waals surface area contributed by atoms with Gasteiger partial charge in [-0.2, -0.15) is 0 Å². The van der Waals surface area contributed by atoms with Gasteiger partial charge in [0.1, 0.15) is 0 Å². The van der Waals surface area contributed by atoms with Gasteiger partial charge in [-0.05, 0) is 97.2 Å². The predicted octanol–water partition coefficient (Wildman–Crippen LogP) is 5.59. The first kappa shape index (κ1) is 23.6. The SMILES string of the molecule is CC1=C([C@@H](C)Cc2cc(C(=O)N3CCCC3)ccc2-c2ccc(C(=O)O)cc2)C=C(N)C=CC1. The predicted molar refractivity (Wildman–Crippen MR) is 136 cm³/mol. The average molecular weight is 457 g/mol. The Balaban J connectivity index is 1.72. The molecule has 0 saturated carbocycles. The third kappa shape index (κ3) is 5.14. The molecule has 5 heteroatoms. The summed E-state index contributed by atoms with van der Waals surface area (Å²) < 4.78 is 0. The number of allylic oxidation sites excluding steroid dienone is 5. The number of likely N-dealkylation sites (tertiary alicyclic amines) is 1. The second-order valence-corrected chi connectivity index (χ2v) is 9.35. The Kier molecular flexibility index (Phi) is 7.01. The molecular formula is C29H32N2O3. The Labute approximate surface area is 201 Å². The minimum absolute atomic E-state index is 0.0809. The summed E-state index contributed by atoms with van der Waals surface area (Å²) in [6.45, 7) is 5.96. The van der Waals surface area contributed by atoms with Crippen LogP contribution in [0.25, 0.3) is 11.1 Å². The van der Waals surface area contributed by atoms with Crippen molar-refractivity contribution in [1.82, 2.24) is 4.90 Å². The molecular weight excluding hydrogens is 424 g/mol. The van der Waals surface area contributed by atoms with E-state index >= 15 is 0 Å². The minimum atomic E-state index is -0.944. The van der Waals surface area contributed by atoms with Crippen molar-refractivity contribution in [3.05, 3.63) is 94.2 Å². The summed E-state index contributed by atoms with van der Waals surface area (Å²) in [4.78, 5) is 26.3. The largest absolute Gasteiger partial charge is 0.478 e. The van der Waals surface area contributed by atoms with Crippen LogP contribution >= 0.6 is 0 Å². The average Bonchev–Trinajstić information content (AvgIpc) is 3.31. The molecule has 0 unspecified atom stereocenters. The van der Waals surface area contributed by atoms with Crippen molar-refractivity contribution in [2.75, 3.05) is 13.1 Å². The lowest BCUT2D eigenvalue weighted by atomic mass is 9.85. The van der Waals surface area contributed by atoms with Crippen molar-refractivity contribution in [3.63, 3.8) is 0 Å². The van der Waals surface area contributed by atoms with E-state index in [4.69, 9.17) is 5.73 Å². The second-order valence-electron chi connectivity index (χ2n) is 9.35. The first-order valence-electron chi connectivity index (χ1n) is 11.9. The molecule has 1 saturated heterocycles. The fraction of sp³-hybridized carbons (Fsp3) is 0.310. The first-order valence-corrected chi connectivity index (χ1v) is 11.9. The molecule has 4 rings (SSSR count). The molecule has 0 radical (unpaired) electrons. The first-order chi connectivity index (χ1) is 16.3. The summed E-state index contributed by atoms with van der Waals surface area (Å²) in [6, 6.07) is 12.9. The summed E-state index contributed by atoms with van der Waals surface area (Å²) in [7, 11) is 0. The van der Waals surface area contributed by atoms with Gasteiger partial charge in [-0.3, -0.25) is 4.79 Å². The number of carbonyl (C=O) groups excluding carboxylic acids is 1. The Hall–Kier alpha value is -3.60. The van der Waals surface area contributed by atoms with E-state index in [0.717, 1.165) is 61.2 Å². The quantitative estimate of drug-likeness (QED) is 0.594. The number of aromatic carboxylic acids is 1. The highest BCUT2D eigenvalue weighted by molar-refractivity contribution is 5.95. The summed E-state index contributed by atoms with van der Waals surface area (Å²) in [5.74, 6) is -0.661. The Bertz CT molecular complexity index is 1180. The maximum absolute atomic E-state index is 13.1. The summed E-state index contributed by atoms with van der Waals surface area (Å²) >= 11 is 0. The highest BCUT2D eigenvalue weighted by Crippen LogP contribution is 2.32. The van der Waals surface area contributed by atoms with E-state index < -0.39 is 5.97 Å². The number of carboxylic acid groups (broad SMARTS) is 1. The second kappa shape index (κ2) is 10.1.